The fraction of sp³-hybridized carbons (Fsp3) is 0.588. The molecule has 1 aromatic carbocycles. The van der Waals surface area contributed by atoms with Crippen LogP contribution in [0.4, 0.5) is 0 Å². The van der Waals surface area contributed by atoms with E-state index in [-0.39, 0.29) is 11.9 Å². The van der Waals surface area contributed by atoms with Crippen molar-refractivity contribution in [3.63, 3.8) is 0 Å². The lowest BCUT2D eigenvalue weighted by molar-refractivity contribution is -0.121. The van der Waals surface area contributed by atoms with Crippen molar-refractivity contribution >= 4 is 5.91 Å². The summed E-state index contributed by atoms with van der Waals surface area (Å²) >= 11 is 0. The molecule has 2 rings (SSSR count). The fourth-order valence-corrected chi connectivity index (χ4v) is 2.48. The van der Waals surface area contributed by atoms with Crippen molar-refractivity contribution in [1.82, 2.24) is 5.32 Å². The van der Waals surface area contributed by atoms with Crippen LogP contribution >= 0.6 is 0 Å². The highest BCUT2D eigenvalue weighted by Crippen LogP contribution is 2.41. The van der Waals surface area contributed by atoms with Crippen molar-refractivity contribution in [3.8, 4) is 5.75 Å². The van der Waals surface area contributed by atoms with Gasteiger partial charge in [-0.2, -0.15) is 0 Å². The molecule has 0 heterocycles. The second-order valence-corrected chi connectivity index (χ2v) is 5.32. The zero-order valence-electron chi connectivity index (χ0n) is 12.9. The molecule has 1 aliphatic carbocycles. The van der Waals surface area contributed by atoms with Crippen LogP contribution in [0.25, 0.3) is 0 Å². The van der Waals surface area contributed by atoms with Gasteiger partial charge in [-0.25, -0.2) is 0 Å². The molecule has 1 amide bonds. The van der Waals surface area contributed by atoms with Crippen LogP contribution in [0.1, 0.15) is 44.6 Å². The van der Waals surface area contributed by atoms with E-state index in [2.05, 4.69) is 17.4 Å². The average molecular weight is 291 g/mol. The first kappa shape index (κ1) is 15.8. The lowest BCUT2D eigenvalue weighted by atomic mass is 10.1. The van der Waals surface area contributed by atoms with E-state index in [4.69, 9.17) is 9.47 Å². The quantitative estimate of drug-likeness (QED) is 0.712. The summed E-state index contributed by atoms with van der Waals surface area (Å²) < 4.78 is 10.8. The minimum atomic E-state index is 0.128. The van der Waals surface area contributed by atoms with Gasteiger partial charge in [-0.15, -0.1) is 0 Å². The SMILES string of the molecule is CCOCCCC(=O)NC1CC1c1cccc(OCC)c1. The lowest BCUT2D eigenvalue weighted by Gasteiger charge is -2.07. The number of hydrogen-bond donors (Lipinski definition) is 1. The highest BCUT2D eigenvalue weighted by atomic mass is 16.5. The van der Waals surface area contributed by atoms with Gasteiger partial charge in [-0.3, -0.25) is 4.79 Å². The monoisotopic (exact) mass is 291 g/mol. The van der Waals surface area contributed by atoms with E-state index < -0.39 is 0 Å². The van der Waals surface area contributed by atoms with Crippen LogP contribution in [0.5, 0.6) is 5.75 Å². The van der Waals surface area contributed by atoms with Gasteiger partial charge in [0.05, 0.1) is 6.61 Å². The number of carbonyl (C=O) groups is 1. The highest BCUT2D eigenvalue weighted by Gasteiger charge is 2.39. The second-order valence-electron chi connectivity index (χ2n) is 5.32. The molecule has 4 nitrogen and oxygen atoms in total. The van der Waals surface area contributed by atoms with Crippen LogP contribution in [0, 0.1) is 0 Å². The Morgan fingerprint density at radius 2 is 2.19 bits per heavy atom. The van der Waals surface area contributed by atoms with E-state index in [0.29, 0.717) is 32.2 Å². The van der Waals surface area contributed by atoms with Gasteiger partial charge in [-0.05, 0) is 44.4 Å². The van der Waals surface area contributed by atoms with Crippen molar-refractivity contribution in [1.29, 1.82) is 0 Å². The molecular weight excluding hydrogens is 266 g/mol. The Balaban J connectivity index is 1.74. The molecule has 0 radical (unpaired) electrons. The first-order chi connectivity index (χ1) is 10.2. The third kappa shape index (κ3) is 5.05. The first-order valence-corrected chi connectivity index (χ1v) is 7.84. The third-order valence-electron chi connectivity index (χ3n) is 3.63. The number of nitrogens with one attached hydrogen (secondary N) is 1. The maximum Gasteiger partial charge on any atom is 0.220 e. The molecule has 116 valence electrons. The van der Waals surface area contributed by atoms with Crippen LogP contribution in [-0.4, -0.2) is 31.8 Å². The number of hydrogen-bond acceptors (Lipinski definition) is 3. The zero-order valence-corrected chi connectivity index (χ0v) is 12.9. The number of carbonyl (C=O) groups excluding carboxylic acids is 1. The molecule has 0 aliphatic heterocycles. The molecule has 0 aromatic heterocycles. The first-order valence-electron chi connectivity index (χ1n) is 7.84. The van der Waals surface area contributed by atoms with Gasteiger partial charge in [0.25, 0.3) is 0 Å². The summed E-state index contributed by atoms with van der Waals surface area (Å²) in [6.07, 6.45) is 2.35. The van der Waals surface area contributed by atoms with Crippen molar-refractivity contribution in [2.75, 3.05) is 19.8 Å². The van der Waals surface area contributed by atoms with Crippen LogP contribution < -0.4 is 10.1 Å². The van der Waals surface area contributed by atoms with Crippen molar-refractivity contribution in [2.45, 2.75) is 45.1 Å². The van der Waals surface area contributed by atoms with Crippen molar-refractivity contribution < 1.29 is 14.3 Å². The molecule has 21 heavy (non-hydrogen) atoms. The van der Waals surface area contributed by atoms with Crippen LogP contribution in [-0.2, 0) is 9.53 Å². The van der Waals surface area contributed by atoms with E-state index in [0.717, 1.165) is 18.6 Å². The van der Waals surface area contributed by atoms with Crippen LogP contribution in [0.2, 0.25) is 0 Å². The van der Waals surface area contributed by atoms with Gasteiger partial charge in [0.2, 0.25) is 5.91 Å². The Labute approximate surface area is 126 Å². The summed E-state index contributed by atoms with van der Waals surface area (Å²) in [5.41, 5.74) is 1.25. The summed E-state index contributed by atoms with van der Waals surface area (Å²) in [5.74, 6) is 1.47. The molecule has 2 atom stereocenters. The zero-order chi connectivity index (χ0) is 15.1. The van der Waals surface area contributed by atoms with E-state index >= 15 is 0 Å². The Hall–Kier alpha value is -1.55. The Kier molecular flexibility index (Phi) is 6.05. The Morgan fingerprint density at radius 3 is 2.95 bits per heavy atom. The number of rotatable bonds is 9. The standard InChI is InChI=1S/C17H25NO3/c1-3-20-10-6-9-17(19)18-16-12-15(16)13-7-5-8-14(11-13)21-4-2/h5,7-8,11,15-16H,3-4,6,9-10,12H2,1-2H3,(H,18,19). The van der Waals surface area contributed by atoms with E-state index in [1.165, 1.54) is 5.56 Å². The smallest absolute Gasteiger partial charge is 0.220 e. The average Bonchev–Trinajstić information content (AvgIpc) is 3.23. The van der Waals surface area contributed by atoms with Gasteiger partial charge in [0, 0.05) is 31.6 Å². The normalized spacial score (nSPS) is 20.1. The lowest BCUT2D eigenvalue weighted by Crippen LogP contribution is -2.26. The predicted octanol–water partition coefficient (Wildman–Crippen LogP) is 2.87. The van der Waals surface area contributed by atoms with Gasteiger partial charge in [0.15, 0.2) is 0 Å². The summed E-state index contributed by atoms with van der Waals surface area (Å²) in [6.45, 7) is 5.99. The third-order valence-corrected chi connectivity index (χ3v) is 3.63. The topological polar surface area (TPSA) is 47.6 Å². The molecule has 0 bridgehead atoms. The minimum absolute atomic E-state index is 0.128. The van der Waals surface area contributed by atoms with Crippen molar-refractivity contribution in [2.24, 2.45) is 0 Å². The molecule has 2 unspecified atom stereocenters. The molecule has 1 N–H and O–H groups in total. The fourth-order valence-electron chi connectivity index (χ4n) is 2.48. The van der Waals surface area contributed by atoms with Gasteiger partial charge in [0.1, 0.15) is 5.75 Å². The molecule has 4 heteroatoms. The molecule has 0 saturated heterocycles. The highest BCUT2D eigenvalue weighted by molar-refractivity contribution is 5.76. The van der Waals surface area contributed by atoms with Crippen LogP contribution in [0.15, 0.2) is 24.3 Å². The van der Waals surface area contributed by atoms with E-state index in [1.807, 2.05) is 26.0 Å². The number of ether oxygens (including phenoxy) is 2. The largest absolute Gasteiger partial charge is 0.494 e. The Morgan fingerprint density at radius 1 is 1.33 bits per heavy atom. The van der Waals surface area contributed by atoms with Gasteiger partial charge >= 0.3 is 0 Å². The summed E-state index contributed by atoms with van der Waals surface area (Å²) in [7, 11) is 0. The summed E-state index contributed by atoms with van der Waals surface area (Å²) in [4.78, 5) is 11.8. The molecular formula is C17H25NO3. The van der Waals surface area contributed by atoms with Gasteiger partial charge in [-0.1, -0.05) is 12.1 Å². The van der Waals surface area contributed by atoms with E-state index in [1.54, 1.807) is 0 Å². The summed E-state index contributed by atoms with van der Waals surface area (Å²) in [6, 6.07) is 8.45. The maximum absolute atomic E-state index is 11.8. The maximum atomic E-state index is 11.8. The summed E-state index contributed by atoms with van der Waals surface area (Å²) in [5, 5.41) is 3.10. The molecule has 1 saturated carbocycles. The molecule has 0 spiro atoms. The van der Waals surface area contributed by atoms with E-state index in [9.17, 15) is 4.79 Å². The molecule has 1 aromatic rings. The number of benzene rings is 1. The number of amides is 1. The Bertz CT molecular complexity index is 461. The van der Waals surface area contributed by atoms with Crippen molar-refractivity contribution in [3.05, 3.63) is 29.8 Å². The molecule has 1 aliphatic rings. The molecule has 1 fully saturated rings. The minimum Gasteiger partial charge on any atom is -0.494 e. The van der Waals surface area contributed by atoms with Gasteiger partial charge < -0.3 is 14.8 Å². The predicted molar refractivity (Wildman–Crippen MR) is 82.6 cm³/mol. The second kappa shape index (κ2) is 8.03. The van der Waals surface area contributed by atoms with Crippen LogP contribution in [0.3, 0.4) is 0 Å².